The summed E-state index contributed by atoms with van der Waals surface area (Å²) in [7, 11) is 0. The smallest absolute Gasteiger partial charge is 0.332 e. The third-order valence-corrected chi connectivity index (χ3v) is 3.61. The number of hydrogen-bond acceptors (Lipinski definition) is 5. The summed E-state index contributed by atoms with van der Waals surface area (Å²) in [5.74, 6) is -0.910. The molecule has 0 radical (unpaired) electrons. The molecule has 92 valence electrons. The molecule has 0 atom stereocenters. The first-order valence-electron chi connectivity index (χ1n) is 5.44. The molecule has 1 aromatic rings. The number of carbonyl (C=O) groups is 1. The van der Waals surface area contributed by atoms with Crippen LogP contribution in [0.15, 0.2) is 23.7 Å². The second-order valence-corrected chi connectivity index (χ2v) is 4.86. The molecular formula is C11H15N3O2S. The Labute approximate surface area is 104 Å². The van der Waals surface area contributed by atoms with E-state index >= 15 is 0 Å². The number of carboxylic acids is 1. The van der Waals surface area contributed by atoms with Gasteiger partial charge in [-0.25, -0.2) is 9.78 Å². The van der Waals surface area contributed by atoms with E-state index in [9.17, 15) is 4.79 Å². The molecular weight excluding hydrogens is 238 g/mol. The van der Waals surface area contributed by atoms with Crippen LogP contribution in [-0.2, 0) is 4.79 Å². The van der Waals surface area contributed by atoms with Crippen LogP contribution >= 0.6 is 11.3 Å². The fourth-order valence-electron chi connectivity index (χ4n) is 1.81. The van der Waals surface area contributed by atoms with Crippen molar-refractivity contribution >= 4 is 22.4 Å². The topological polar surface area (TPSA) is 56.7 Å². The third kappa shape index (κ3) is 3.04. The molecule has 1 aromatic heterocycles. The van der Waals surface area contributed by atoms with E-state index in [1.54, 1.807) is 17.5 Å². The number of hydrogen-bond donors (Lipinski definition) is 1. The van der Waals surface area contributed by atoms with E-state index in [0.717, 1.165) is 31.3 Å². The maximum atomic E-state index is 10.7. The summed E-state index contributed by atoms with van der Waals surface area (Å²) in [4.78, 5) is 19.3. The van der Waals surface area contributed by atoms with Gasteiger partial charge in [-0.2, -0.15) is 0 Å². The average molecular weight is 253 g/mol. The Bertz CT molecular complexity index is 397. The number of piperazine rings is 1. The Morgan fingerprint density at radius 1 is 1.47 bits per heavy atom. The highest BCUT2D eigenvalue weighted by molar-refractivity contribution is 7.13. The molecule has 17 heavy (non-hydrogen) atoms. The zero-order valence-electron chi connectivity index (χ0n) is 9.50. The molecule has 1 fully saturated rings. The maximum Gasteiger partial charge on any atom is 0.332 e. The molecule has 2 heterocycles. The van der Waals surface area contributed by atoms with Crippen LogP contribution in [0.4, 0.5) is 5.13 Å². The van der Waals surface area contributed by atoms with Crippen LogP contribution < -0.4 is 4.90 Å². The van der Waals surface area contributed by atoms with Crippen LogP contribution in [0.5, 0.6) is 0 Å². The monoisotopic (exact) mass is 253 g/mol. The minimum atomic E-state index is -0.910. The van der Waals surface area contributed by atoms with Crippen molar-refractivity contribution in [2.75, 3.05) is 37.6 Å². The molecule has 6 heteroatoms. The fraction of sp³-hybridized carbons (Fsp3) is 0.455. The van der Waals surface area contributed by atoms with E-state index < -0.39 is 5.97 Å². The lowest BCUT2D eigenvalue weighted by Crippen LogP contribution is -2.47. The molecule has 0 saturated carbocycles. The van der Waals surface area contributed by atoms with Gasteiger partial charge in [-0.15, -0.1) is 11.3 Å². The largest absolute Gasteiger partial charge is 0.478 e. The van der Waals surface area contributed by atoms with Crippen molar-refractivity contribution in [1.82, 2.24) is 9.88 Å². The highest BCUT2D eigenvalue weighted by atomic mass is 32.1. The van der Waals surface area contributed by atoms with Gasteiger partial charge in [0.25, 0.3) is 0 Å². The molecule has 1 N–H and O–H groups in total. The van der Waals surface area contributed by atoms with Crippen LogP contribution in [-0.4, -0.2) is 53.7 Å². The Kier molecular flexibility index (Phi) is 3.75. The molecule has 0 amide bonds. The van der Waals surface area contributed by atoms with Gasteiger partial charge in [0.2, 0.25) is 0 Å². The lowest BCUT2D eigenvalue weighted by molar-refractivity contribution is -0.132. The molecule has 0 aromatic carbocycles. The maximum absolute atomic E-state index is 10.7. The summed E-state index contributed by atoms with van der Waals surface area (Å²) in [6.07, 6.45) is 1.80. The molecule has 0 spiro atoms. The average Bonchev–Trinajstić information content (AvgIpc) is 2.83. The van der Waals surface area contributed by atoms with Gasteiger partial charge in [0.05, 0.1) is 0 Å². The van der Waals surface area contributed by atoms with Gasteiger partial charge in [0.15, 0.2) is 5.13 Å². The lowest BCUT2D eigenvalue weighted by atomic mass is 10.2. The third-order valence-electron chi connectivity index (χ3n) is 2.78. The zero-order valence-corrected chi connectivity index (χ0v) is 10.3. The number of aliphatic carboxylic acids is 1. The van der Waals surface area contributed by atoms with Gasteiger partial charge in [-0.05, 0) is 0 Å². The normalized spacial score (nSPS) is 17.1. The fourth-order valence-corrected chi connectivity index (χ4v) is 2.50. The van der Waals surface area contributed by atoms with Crippen molar-refractivity contribution in [3.05, 3.63) is 23.7 Å². The summed E-state index contributed by atoms with van der Waals surface area (Å²) in [6, 6.07) is 0. The summed E-state index contributed by atoms with van der Waals surface area (Å²) >= 11 is 1.63. The van der Waals surface area contributed by atoms with Crippen LogP contribution in [0.2, 0.25) is 0 Å². The minimum absolute atomic E-state index is 0.257. The molecule has 0 bridgehead atoms. The van der Waals surface area contributed by atoms with Crippen molar-refractivity contribution in [3.8, 4) is 0 Å². The van der Waals surface area contributed by atoms with E-state index in [0.29, 0.717) is 6.54 Å². The number of aromatic nitrogens is 1. The molecule has 2 rings (SSSR count). The molecule has 5 nitrogen and oxygen atoms in total. The first kappa shape index (κ1) is 12.1. The zero-order chi connectivity index (χ0) is 12.3. The lowest BCUT2D eigenvalue weighted by Gasteiger charge is -2.34. The number of anilines is 1. The van der Waals surface area contributed by atoms with Crippen LogP contribution in [0, 0.1) is 0 Å². The van der Waals surface area contributed by atoms with Gasteiger partial charge >= 0.3 is 5.97 Å². The standard InChI is InChI=1S/C11H15N3O2S/c1-9(10(15)16)8-13-3-5-14(6-4-13)11-12-2-7-17-11/h2,7H,1,3-6,8H2,(H,15,16). The molecule has 0 unspecified atom stereocenters. The van der Waals surface area contributed by atoms with Gasteiger partial charge in [0.1, 0.15) is 0 Å². The predicted octanol–water partition coefficient (Wildman–Crippen LogP) is 0.906. The molecule has 1 aliphatic rings. The Morgan fingerprint density at radius 2 is 2.18 bits per heavy atom. The van der Waals surface area contributed by atoms with Crippen LogP contribution in [0.3, 0.4) is 0 Å². The van der Waals surface area contributed by atoms with E-state index in [1.165, 1.54) is 0 Å². The predicted molar refractivity (Wildman–Crippen MR) is 67.5 cm³/mol. The van der Waals surface area contributed by atoms with E-state index in [4.69, 9.17) is 5.11 Å². The number of rotatable bonds is 4. The van der Waals surface area contributed by atoms with Gasteiger partial charge in [-0.1, -0.05) is 6.58 Å². The van der Waals surface area contributed by atoms with E-state index in [-0.39, 0.29) is 5.57 Å². The Morgan fingerprint density at radius 3 is 2.71 bits per heavy atom. The minimum Gasteiger partial charge on any atom is -0.478 e. The Balaban J connectivity index is 1.82. The summed E-state index contributed by atoms with van der Waals surface area (Å²) in [5.41, 5.74) is 0.257. The Hall–Kier alpha value is -1.40. The highest BCUT2D eigenvalue weighted by Gasteiger charge is 2.20. The van der Waals surface area contributed by atoms with Gasteiger partial charge in [-0.3, -0.25) is 4.90 Å². The van der Waals surface area contributed by atoms with Crippen molar-refractivity contribution in [1.29, 1.82) is 0 Å². The first-order valence-corrected chi connectivity index (χ1v) is 6.32. The highest BCUT2D eigenvalue weighted by Crippen LogP contribution is 2.18. The van der Waals surface area contributed by atoms with Gasteiger partial charge in [0, 0.05) is 49.9 Å². The SMILES string of the molecule is C=C(CN1CCN(c2nccs2)CC1)C(=O)O. The molecule has 0 aliphatic carbocycles. The van der Waals surface area contributed by atoms with Crippen LogP contribution in [0.25, 0.3) is 0 Å². The van der Waals surface area contributed by atoms with Crippen molar-refractivity contribution in [2.45, 2.75) is 0 Å². The number of carboxylic acid groups (broad SMARTS) is 1. The van der Waals surface area contributed by atoms with Crippen LogP contribution in [0.1, 0.15) is 0 Å². The van der Waals surface area contributed by atoms with Gasteiger partial charge < -0.3 is 10.0 Å². The number of thiazole rings is 1. The molecule has 1 aliphatic heterocycles. The summed E-state index contributed by atoms with van der Waals surface area (Å²) in [6.45, 7) is 7.48. The summed E-state index contributed by atoms with van der Waals surface area (Å²) in [5, 5.41) is 11.8. The van der Waals surface area contributed by atoms with E-state index in [2.05, 4.69) is 21.4 Å². The molecule has 1 saturated heterocycles. The van der Waals surface area contributed by atoms with Crippen molar-refractivity contribution < 1.29 is 9.90 Å². The number of nitrogens with zero attached hydrogens (tertiary/aromatic N) is 3. The van der Waals surface area contributed by atoms with Crippen molar-refractivity contribution in [2.24, 2.45) is 0 Å². The second-order valence-electron chi connectivity index (χ2n) is 3.99. The first-order chi connectivity index (χ1) is 8.16. The van der Waals surface area contributed by atoms with E-state index in [1.807, 2.05) is 5.38 Å². The second kappa shape index (κ2) is 5.29. The van der Waals surface area contributed by atoms with Crippen molar-refractivity contribution in [3.63, 3.8) is 0 Å². The summed E-state index contributed by atoms with van der Waals surface area (Å²) < 4.78 is 0. The quantitative estimate of drug-likeness (QED) is 0.808.